The number of nitrogens with two attached hydrogens (primary N) is 1. The van der Waals surface area contributed by atoms with Gasteiger partial charge in [0.05, 0.1) is 17.3 Å². The minimum Gasteiger partial charge on any atom is -0.472 e. The quantitative estimate of drug-likeness (QED) is 0.269. The summed E-state index contributed by atoms with van der Waals surface area (Å²) in [6, 6.07) is -0.119. The summed E-state index contributed by atoms with van der Waals surface area (Å²) < 4.78 is 115. The standard InChI is InChI=1S/C32H34F7N7O2/c1-13-22(32(37,38)39)18(9-19(40)23(13)33)25-24(34)26-21-28(46-11-15-3-6-20(41-15)27(46)14(2)48-29(21)42-25)44-30(43-26)47-12-17-5-4-16-10-31(35,36)7-8-45(16)17/h9,14-17,20,27,41H,3-8,10-12,40H2,1-2H3/t14-,15+,16+,17-,20-,27+/m0/s1. The summed E-state index contributed by atoms with van der Waals surface area (Å²) in [7, 11) is 0. The van der Waals surface area contributed by atoms with Gasteiger partial charge in [-0.3, -0.25) is 4.90 Å². The van der Waals surface area contributed by atoms with Gasteiger partial charge in [-0.15, -0.1) is 0 Å². The summed E-state index contributed by atoms with van der Waals surface area (Å²) in [5.74, 6) is -5.06. The van der Waals surface area contributed by atoms with Crippen molar-refractivity contribution in [3.8, 4) is 23.1 Å². The number of nitrogens with zero attached hydrogens (tertiary/aromatic N) is 5. The van der Waals surface area contributed by atoms with Crippen LogP contribution < -0.4 is 25.4 Å². The van der Waals surface area contributed by atoms with Crippen molar-refractivity contribution in [3.05, 3.63) is 28.8 Å². The van der Waals surface area contributed by atoms with Crippen molar-refractivity contribution in [1.29, 1.82) is 0 Å². The van der Waals surface area contributed by atoms with Crippen molar-refractivity contribution in [2.75, 3.05) is 30.3 Å². The number of anilines is 2. The zero-order chi connectivity index (χ0) is 33.9. The Hall–Kier alpha value is -3.66. The first-order chi connectivity index (χ1) is 22.7. The molecule has 4 saturated heterocycles. The Labute approximate surface area is 271 Å². The number of pyridine rings is 1. The van der Waals surface area contributed by atoms with E-state index >= 15 is 4.39 Å². The first-order valence-corrected chi connectivity index (χ1v) is 16.2. The average molecular weight is 682 g/mol. The van der Waals surface area contributed by atoms with Gasteiger partial charge in [0.25, 0.3) is 5.92 Å². The molecule has 5 aliphatic heterocycles. The first-order valence-electron chi connectivity index (χ1n) is 16.2. The largest absolute Gasteiger partial charge is 0.472 e. The molecule has 1 aromatic carbocycles. The topological polar surface area (TPSA) is 102 Å². The fourth-order valence-corrected chi connectivity index (χ4v) is 8.59. The van der Waals surface area contributed by atoms with E-state index in [1.165, 1.54) is 0 Å². The monoisotopic (exact) mass is 681 g/mol. The second kappa shape index (κ2) is 10.9. The minimum atomic E-state index is -5.08. The van der Waals surface area contributed by atoms with E-state index in [9.17, 15) is 26.3 Å². The zero-order valence-corrected chi connectivity index (χ0v) is 26.2. The maximum absolute atomic E-state index is 16.8. The molecular weight excluding hydrogens is 647 g/mol. The highest BCUT2D eigenvalue weighted by molar-refractivity contribution is 5.97. The molecule has 4 fully saturated rings. The van der Waals surface area contributed by atoms with Crippen molar-refractivity contribution < 1.29 is 40.2 Å². The molecule has 0 radical (unpaired) electrons. The molecule has 3 N–H and O–H groups in total. The van der Waals surface area contributed by atoms with E-state index in [-0.39, 0.29) is 84.8 Å². The van der Waals surface area contributed by atoms with E-state index in [2.05, 4.69) is 15.3 Å². The third-order valence-corrected chi connectivity index (χ3v) is 10.7. The fraction of sp³-hybridized carbons (Fsp3) is 0.594. The number of nitrogens with one attached hydrogen (secondary N) is 1. The molecule has 0 spiro atoms. The molecule has 2 aromatic heterocycles. The normalized spacial score (nSPS) is 29.4. The number of benzene rings is 1. The van der Waals surface area contributed by atoms with Crippen LogP contribution in [-0.4, -0.2) is 81.8 Å². The van der Waals surface area contributed by atoms with Crippen LogP contribution in [0.1, 0.15) is 56.6 Å². The van der Waals surface area contributed by atoms with Gasteiger partial charge in [-0.1, -0.05) is 0 Å². The first kappa shape index (κ1) is 31.6. The predicted octanol–water partition coefficient (Wildman–Crippen LogP) is 5.61. The van der Waals surface area contributed by atoms with E-state index in [0.717, 1.165) is 25.8 Å². The Morgan fingerprint density at radius 2 is 1.90 bits per heavy atom. The van der Waals surface area contributed by atoms with Gasteiger partial charge in [-0.2, -0.15) is 23.1 Å². The fourth-order valence-electron chi connectivity index (χ4n) is 8.59. The molecular formula is C32H34F7N7O2. The maximum Gasteiger partial charge on any atom is 0.417 e. The second-order valence-electron chi connectivity index (χ2n) is 13.7. The third-order valence-electron chi connectivity index (χ3n) is 10.7. The van der Waals surface area contributed by atoms with Crippen LogP contribution in [-0.2, 0) is 6.18 Å². The molecule has 0 saturated carbocycles. The second-order valence-corrected chi connectivity index (χ2v) is 13.7. The van der Waals surface area contributed by atoms with Crippen LogP contribution in [0.4, 0.5) is 42.2 Å². The van der Waals surface area contributed by atoms with Crippen molar-refractivity contribution in [2.24, 2.45) is 0 Å². The minimum absolute atomic E-state index is 0.00389. The number of fused-ring (bicyclic) bond motifs is 6. The highest BCUT2D eigenvalue weighted by atomic mass is 19.4. The SMILES string of the molecule is Cc1c(F)c(N)cc(-c2nc3c4c(nc(OC[C@@H]5CC[C@@H]6CC(F)(F)CCN65)nc4c2F)N2C[C@H]4CC[C@H](N4)[C@H]2[C@H](C)O3)c1C(F)(F)F. The number of hydrogen-bond acceptors (Lipinski definition) is 9. The van der Waals surface area contributed by atoms with Crippen LogP contribution in [0.2, 0.25) is 0 Å². The van der Waals surface area contributed by atoms with Gasteiger partial charge in [0.2, 0.25) is 5.88 Å². The molecule has 8 rings (SSSR count). The third kappa shape index (κ3) is 5.00. The average Bonchev–Trinajstić information content (AvgIpc) is 3.56. The molecule has 5 aliphatic rings. The lowest BCUT2D eigenvalue weighted by molar-refractivity contribution is -0.137. The molecule has 16 heteroatoms. The number of piperazine rings is 1. The Morgan fingerprint density at radius 3 is 2.67 bits per heavy atom. The van der Waals surface area contributed by atoms with Crippen LogP contribution >= 0.6 is 0 Å². The molecule has 48 heavy (non-hydrogen) atoms. The predicted molar refractivity (Wildman–Crippen MR) is 161 cm³/mol. The number of ether oxygens (including phenoxy) is 2. The van der Waals surface area contributed by atoms with E-state index in [0.29, 0.717) is 19.4 Å². The highest BCUT2D eigenvalue weighted by Crippen LogP contribution is 2.47. The summed E-state index contributed by atoms with van der Waals surface area (Å²) in [6.07, 6.45) is -3.14. The lowest BCUT2D eigenvalue weighted by Gasteiger charge is -2.42. The van der Waals surface area contributed by atoms with Crippen molar-refractivity contribution >= 4 is 22.4 Å². The molecule has 0 unspecified atom stereocenters. The van der Waals surface area contributed by atoms with E-state index in [4.69, 9.17) is 20.2 Å². The van der Waals surface area contributed by atoms with E-state index < -0.39 is 57.9 Å². The summed E-state index contributed by atoms with van der Waals surface area (Å²) in [4.78, 5) is 17.4. The van der Waals surface area contributed by atoms with Gasteiger partial charge in [0.15, 0.2) is 5.82 Å². The lowest BCUT2D eigenvalue weighted by Crippen LogP contribution is -2.62. The van der Waals surface area contributed by atoms with Gasteiger partial charge >= 0.3 is 12.2 Å². The number of hydrogen-bond donors (Lipinski definition) is 2. The van der Waals surface area contributed by atoms with Crippen molar-refractivity contribution in [3.63, 3.8) is 0 Å². The van der Waals surface area contributed by atoms with Crippen LogP contribution in [0.15, 0.2) is 6.07 Å². The molecule has 2 bridgehead atoms. The summed E-state index contributed by atoms with van der Waals surface area (Å²) in [5, 5.41) is 3.66. The molecule has 0 amide bonds. The Kier molecular flexibility index (Phi) is 7.19. The number of aromatic nitrogens is 3. The maximum atomic E-state index is 16.8. The van der Waals surface area contributed by atoms with E-state index in [1.807, 2.05) is 16.7 Å². The van der Waals surface area contributed by atoms with Crippen molar-refractivity contribution in [1.82, 2.24) is 25.2 Å². The zero-order valence-electron chi connectivity index (χ0n) is 26.2. The number of nitrogen functional groups attached to an aromatic ring is 1. The van der Waals surface area contributed by atoms with Gasteiger partial charge in [-0.05, 0) is 51.2 Å². The van der Waals surface area contributed by atoms with Crippen LogP contribution in [0.25, 0.3) is 22.2 Å². The number of piperidine rings is 1. The van der Waals surface area contributed by atoms with Crippen LogP contribution in [0.3, 0.4) is 0 Å². The van der Waals surface area contributed by atoms with Gasteiger partial charge in [-0.25, -0.2) is 22.5 Å². The molecule has 0 aliphatic carbocycles. The lowest BCUT2D eigenvalue weighted by atomic mass is 9.96. The van der Waals surface area contributed by atoms with Gasteiger partial charge < -0.3 is 25.4 Å². The van der Waals surface area contributed by atoms with Gasteiger partial charge in [0.1, 0.15) is 40.9 Å². The molecule has 3 aromatic rings. The Bertz CT molecular complexity index is 1810. The van der Waals surface area contributed by atoms with Crippen LogP contribution in [0.5, 0.6) is 11.9 Å². The smallest absolute Gasteiger partial charge is 0.417 e. The summed E-state index contributed by atoms with van der Waals surface area (Å²) >= 11 is 0. The van der Waals surface area contributed by atoms with Crippen molar-refractivity contribution in [2.45, 2.75) is 101 Å². The number of rotatable bonds is 4. The summed E-state index contributed by atoms with van der Waals surface area (Å²) in [5.41, 5.74) is 1.06. The molecule has 7 heterocycles. The Balaban J connectivity index is 1.27. The highest BCUT2D eigenvalue weighted by Gasteiger charge is 2.48. The number of alkyl halides is 5. The number of halogens is 7. The molecule has 258 valence electrons. The molecule has 9 nitrogen and oxygen atoms in total. The van der Waals surface area contributed by atoms with Gasteiger partial charge in [0, 0.05) is 55.7 Å². The Morgan fingerprint density at radius 1 is 1.10 bits per heavy atom. The van der Waals surface area contributed by atoms with E-state index in [1.54, 1.807) is 0 Å². The van der Waals surface area contributed by atoms with Crippen LogP contribution in [0, 0.1) is 18.6 Å². The molecule has 6 atom stereocenters. The summed E-state index contributed by atoms with van der Waals surface area (Å²) in [6.45, 7) is 3.50.